The zero-order chi connectivity index (χ0) is 23.6. The van der Waals surface area contributed by atoms with Crippen LogP contribution in [-0.4, -0.2) is 30.8 Å². The van der Waals surface area contributed by atoms with E-state index in [-0.39, 0.29) is 23.0 Å². The van der Waals surface area contributed by atoms with Crippen LogP contribution >= 0.6 is 11.8 Å². The van der Waals surface area contributed by atoms with Gasteiger partial charge in [0, 0.05) is 19.3 Å². The van der Waals surface area contributed by atoms with Crippen LogP contribution in [0.5, 0.6) is 0 Å². The summed E-state index contributed by atoms with van der Waals surface area (Å²) in [4.78, 5) is 46.9. The predicted octanol–water partition coefficient (Wildman–Crippen LogP) is 3.31. The third-order valence-electron chi connectivity index (χ3n) is 5.01. The van der Waals surface area contributed by atoms with Crippen LogP contribution in [0.15, 0.2) is 38.9 Å². The van der Waals surface area contributed by atoms with Crippen molar-refractivity contribution in [2.24, 2.45) is 13.0 Å². The van der Waals surface area contributed by atoms with E-state index >= 15 is 0 Å². The number of rotatable bonds is 7. The molecule has 0 saturated heterocycles. The molecule has 170 valence electrons. The second kappa shape index (κ2) is 9.68. The summed E-state index contributed by atoms with van der Waals surface area (Å²) in [7, 11) is 1.45. The second-order valence-electron chi connectivity index (χ2n) is 8.54. The maximum absolute atomic E-state index is 12.9. The van der Waals surface area contributed by atoms with Crippen molar-refractivity contribution in [3.8, 4) is 0 Å². The van der Waals surface area contributed by atoms with Gasteiger partial charge in [0.2, 0.25) is 5.91 Å². The van der Waals surface area contributed by atoms with Crippen molar-refractivity contribution in [2.75, 3.05) is 11.1 Å². The zero-order valence-electron chi connectivity index (χ0n) is 19.3. The second-order valence-corrected chi connectivity index (χ2v) is 9.50. The van der Waals surface area contributed by atoms with E-state index in [1.807, 2.05) is 38.1 Å². The van der Waals surface area contributed by atoms with E-state index in [0.29, 0.717) is 34.6 Å². The van der Waals surface area contributed by atoms with Crippen molar-refractivity contribution in [2.45, 2.75) is 52.1 Å². The molecule has 1 N–H and O–H groups in total. The van der Waals surface area contributed by atoms with Crippen LogP contribution in [0.1, 0.15) is 45.0 Å². The van der Waals surface area contributed by atoms with Gasteiger partial charge in [0.05, 0.1) is 5.75 Å². The van der Waals surface area contributed by atoms with Crippen LogP contribution in [0.3, 0.4) is 0 Å². The number of hydrogen-bond donors (Lipinski definition) is 1. The lowest BCUT2D eigenvalue weighted by Crippen LogP contribution is -2.39. The van der Waals surface area contributed by atoms with E-state index in [1.165, 1.54) is 17.2 Å². The van der Waals surface area contributed by atoms with E-state index in [4.69, 9.17) is 0 Å². The van der Waals surface area contributed by atoms with E-state index in [1.54, 1.807) is 6.92 Å². The number of benzene rings is 1. The molecule has 0 unspecified atom stereocenters. The summed E-state index contributed by atoms with van der Waals surface area (Å²) in [6, 6.07) is 7.74. The quantitative estimate of drug-likeness (QED) is 0.433. The lowest BCUT2D eigenvalue weighted by atomic mass is 10.0. The Kier molecular flexibility index (Phi) is 7.18. The molecule has 2 heterocycles. The first-order valence-corrected chi connectivity index (χ1v) is 11.6. The molecule has 32 heavy (non-hydrogen) atoms. The Labute approximate surface area is 191 Å². The molecule has 0 bridgehead atoms. The van der Waals surface area contributed by atoms with Crippen LogP contribution in [-0.2, 0) is 18.4 Å². The summed E-state index contributed by atoms with van der Waals surface area (Å²) >= 11 is 1.16. The summed E-state index contributed by atoms with van der Waals surface area (Å²) in [6.07, 6.45) is 0. The third-order valence-corrected chi connectivity index (χ3v) is 5.98. The van der Waals surface area contributed by atoms with Crippen LogP contribution in [0.25, 0.3) is 11.0 Å². The highest BCUT2D eigenvalue weighted by atomic mass is 32.2. The number of thioether (sulfide) groups is 1. The average Bonchev–Trinajstić information content (AvgIpc) is 2.73. The van der Waals surface area contributed by atoms with Gasteiger partial charge < -0.3 is 5.32 Å². The fourth-order valence-corrected chi connectivity index (χ4v) is 4.22. The minimum absolute atomic E-state index is 0.0734. The van der Waals surface area contributed by atoms with Crippen molar-refractivity contribution < 1.29 is 4.79 Å². The standard InChI is InChI=1S/C23H29N5O3S/c1-13(2)11-28-20-19(22(30)27(6)23(28)31)21(25-15(5)24-20)32-12-18(29)26-17-9-7-16(8-10-17)14(3)4/h7-10,13-14H,11-12H2,1-6H3,(H,26,29). The fourth-order valence-electron chi connectivity index (χ4n) is 3.36. The third kappa shape index (κ3) is 5.09. The van der Waals surface area contributed by atoms with Crippen molar-refractivity contribution in [3.05, 3.63) is 56.5 Å². The van der Waals surface area contributed by atoms with Gasteiger partial charge in [0.25, 0.3) is 5.56 Å². The number of nitrogens with zero attached hydrogens (tertiary/aromatic N) is 4. The van der Waals surface area contributed by atoms with E-state index in [0.717, 1.165) is 16.3 Å². The molecule has 0 spiro atoms. The molecule has 0 fully saturated rings. The molecule has 0 aliphatic carbocycles. The number of aromatic nitrogens is 4. The molecule has 3 rings (SSSR count). The Hall–Kier alpha value is -2.94. The number of carbonyl (C=O) groups excluding carboxylic acids is 1. The first-order valence-electron chi connectivity index (χ1n) is 10.6. The minimum Gasteiger partial charge on any atom is -0.325 e. The van der Waals surface area contributed by atoms with Gasteiger partial charge in [-0.05, 0) is 36.5 Å². The summed E-state index contributed by atoms with van der Waals surface area (Å²) in [5.41, 5.74) is 1.35. The van der Waals surface area contributed by atoms with Crippen LogP contribution in [0.4, 0.5) is 5.69 Å². The Bertz CT molecular complexity index is 1260. The number of aryl methyl sites for hydroxylation is 1. The van der Waals surface area contributed by atoms with Crippen LogP contribution in [0, 0.1) is 12.8 Å². The highest BCUT2D eigenvalue weighted by Gasteiger charge is 2.19. The molecule has 0 radical (unpaired) electrons. The van der Waals surface area contributed by atoms with Crippen LogP contribution < -0.4 is 16.6 Å². The van der Waals surface area contributed by atoms with Crippen molar-refractivity contribution >= 4 is 34.4 Å². The molecule has 8 nitrogen and oxygen atoms in total. The highest BCUT2D eigenvalue weighted by molar-refractivity contribution is 8.00. The molecule has 2 aromatic heterocycles. The first kappa shape index (κ1) is 23.7. The minimum atomic E-state index is -0.461. The molecular weight excluding hydrogens is 426 g/mol. The molecule has 1 amide bonds. The normalized spacial score (nSPS) is 11.5. The molecule has 9 heteroatoms. The SMILES string of the molecule is Cc1nc(SCC(=O)Nc2ccc(C(C)C)cc2)c2c(=O)n(C)c(=O)n(CC(C)C)c2n1. The van der Waals surface area contributed by atoms with Gasteiger partial charge in [-0.15, -0.1) is 0 Å². The van der Waals surface area contributed by atoms with Gasteiger partial charge in [-0.25, -0.2) is 14.8 Å². The van der Waals surface area contributed by atoms with E-state index in [2.05, 4.69) is 29.1 Å². The molecule has 0 saturated carbocycles. The summed E-state index contributed by atoms with van der Waals surface area (Å²) < 4.78 is 2.58. The average molecular weight is 456 g/mol. The number of hydrogen-bond acceptors (Lipinski definition) is 6. The monoisotopic (exact) mass is 455 g/mol. The maximum atomic E-state index is 12.9. The Balaban J connectivity index is 1.90. The van der Waals surface area contributed by atoms with Crippen LogP contribution in [0.2, 0.25) is 0 Å². The lowest BCUT2D eigenvalue weighted by molar-refractivity contribution is -0.113. The summed E-state index contributed by atoms with van der Waals surface area (Å²) in [5.74, 6) is 0.913. The molecule has 0 aliphatic rings. The predicted molar refractivity (Wildman–Crippen MR) is 128 cm³/mol. The van der Waals surface area contributed by atoms with Gasteiger partial charge in [0.15, 0.2) is 5.65 Å². The summed E-state index contributed by atoms with van der Waals surface area (Å²) in [5, 5.41) is 3.53. The number of amides is 1. The van der Waals surface area contributed by atoms with Gasteiger partial charge in [0.1, 0.15) is 16.2 Å². The largest absolute Gasteiger partial charge is 0.332 e. The number of fused-ring (bicyclic) bond motifs is 1. The first-order chi connectivity index (χ1) is 15.1. The Morgan fingerprint density at radius 1 is 1.09 bits per heavy atom. The molecule has 3 aromatic rings. The highest BCUT2D eigenvalue weighted by Crippen LogP contribution is 2.23. The number of anilines is 1. The van der Waals surface area contributed by atoms with E-state index < -0.39 is 11.2 Å². The number of carbonyl (C=O) groups is 1. The molecule has 0 aliphatic heterocycles. The Morgan fingerprint density at radius 3 is 2.34 bits per heavy atom. The van der Waals surface area contributed by atoms with Gasteiger partial charge in [-0.1, -0.05) is 51.6 Å². The fraction of sp³-hybridized carbons (Fsp3) is 0.435. The molecular formula is C23H29N5O3S. The maximum Gasteiger partial charge on any atom is 0.332 e. The molecule has 1 aromatic carbocycles. The topological polar surface area (TPSA) is 98.9 Å². The van der Waals surface area contributed by atoms with E-state index in [9.17, 15) is 14.4 Å². The Morgan fingerprint density at radius 2 is 1.75 bits per heavy atom. The zero-order valence-corrected chi connectivity index (χ0v) is 20.1. The van der Waals surface area contributed by atoms with Gasteiger partial charge >= 0.3 is 5.69 Å². The summed E-state index contributed by atoms with van der Waals surface area (Å²) in [6.45, 7) is 10.3. The molecule has 0 atom stereocenters. The van der Waals surface area contributed by atoms with Crippen molar-refractivity contribution in [3.63, 3.8) is 0 Å². The number of nitrogens with one attached hydrogen (secondary N) is 1. The lowest BCUT2D eigenvalue weighted by Gasteiger charge is -2.15. The van der Waals surface area contributed by atoms with Crippen molar-refractivity contribution in [1.82, 2.24) is 19.1 Å². The van der Waals surface area contributed by atoms with Gasteiger partial charge in [-0.3, -0.25) is 18.7 Å². The smallest absolute Gasteiger partial charge is 0.325 e. The van der Waals surface area contributed by atoms with Gasteiger partial charge in [-0.2, -0.15) is 0 Å². The van der Waals surface area contributed by atoms with Crippen molar-refractivity contribution in [1.29, 1.82) is 0 Å².